The fourth-order valence-corrected chi connectivity index (χ4v) is 7.54. The number of nitrogens with one attached hydrogen (secondary N) is 1. The first-order valence-electron chi connectivity index (χ1n) is 12.9. The number of hydrogen-bond acceptors (Lipinski definition) is 5. The maximum atomic E-state index is 14.1. The van der Waals surface area contributed by atoms with Gasteiger partial charge in [-0.05, 0) is 6.07 Å². The van der Waals surface area contributed by atoms with Gasteiger partial charge in [-0.2, -0.15) is 0 Å². The van der Waals surface area contributed by atoms with Gasteiger partial charge in [-0.3, -0.25) is 0 Å². The first-order valence-corrected chi connectivity index (χ1v) is 16.7. The predicted molar refractivity (Wildman–Crippen MR) is 154 cm³/mol. The van der Waals surface area contributed by atoms with Crippen molar-refractivity contribution in [3.05, 3.63) is 71.2 Å². The number of rotatable bonds is 6. The Labute approximate surface area is 251 Å². The van der Waals surface area contributed by atoms with Crippen LogP contribution in [0.1, 0.15) is 32.1 Å². The molecule has 0 aliphatic heterocycles. The third-order valence-corrected chi connectivity index (χ3v) is 9.90. The molecule has 5 aromatic rings. The molecule has 1 saturated carbocycles. The second-order valence-corrected chi connectivity index (χ2v) is 14.0. The summed E-state index contributed by atoms with van der Waals surface area (Å²) in [4.78, 5) is 32.0. The molecule has 1 aliphatic rings. The van der Waals surface area contributed by atoms with Gasteiger partial charge < -0.3 is 11.0 Å². The number of benzene rings is 2. The van der Waals surface area contributed by atoms with E-state index in [1.54, 1.807) is 10.8 Å². The molecule has 6 rings (SSSR count). The zero-order chi connectivity index (χ0) is 26.2. The van der Waals surface area contributed by atoms with E-state index in [9.17, 15) is 9.59 Å². The van der Waals surface area contributed by atoms with E-state index in [4.69, 9.17) is 9.40 Å². The van der Waals surface area contributed by atoms with Crippen molar-refractivity contribution in [2.24, 2.45) is 7.05 Å². The molecule has 2 aromatic carbocycles. The van der Waals surface area contributed by atoms with Crippen molar-refractivity contribution in [3.8, 4) is 17.0 Å². The smallest absolute Gasteiger partial charge is 0.412 e. The van der Waals surface area contributed by atoms with Crippen molar-refractivity contribution in [1.82, 2.24) is 19.4 Å². The molecular formula is C29H31HgN4O5S. The van der Waals surface area contributed by atoms with E-state index in [0.29, 0.717) is 42.3 Å². The van der Waals surface area contributed by atoms with E-state index < -0.39 is 0 Å². The predicted octanol–water partition coefficient (Wildman–Crippen LogP) is 3.20. The number of fused-ring (bicyclic) bond motifs is 3. The number of nitrogens with zero attached hydrogens (tertiary/aromatic N) is 3. The van der Waals surface area contributed by atoms with E-state index in [0.717, 1.165) is 53.6 Å². The van der Waals surface area contributed by atoms with Crippen LogP contribution in [-0.4, -0.2) is 42.8 Å². The minimum Gasteiger partial charge on any atom is -0.412 e. The summed E-state index contributed by atoms with van der Waals surface area (Å²) < 4.78 is 10.4. The minimum absolute atomic E-state index is 0. The van der Waals surface area contributed by atoms with Crippen LogP contribution >= 0.6 is 11.8 Å². The summed E-state index contributed by atoms with van der Waals surface area (Å²) >= 11 is 1.74. The Bertz CT molecular complexity index is 1710. The van der Waals surface area contributed by atoms with Crippen molar-refractivity contribution < 1.29 is 46.3 Å². The number of carbonyl (C=O) groups is 1. The van der Waals surface area contributed by atoms with Gasteiger partial charge in [0.05, 0.1) is 6.26 Å². The zero-order valence-electron chi connectivity index (χ0n) is 22.3. The van der Waals surface area contributed by atoms with Gasteiger partial charge in [-0.1, -0.05) is 6.42 Å². The molecule has 0 atom stereocenters. The molecule has 9 nitrogen and oxygen atoms in total. The number of hydrogen-bond donors (Lipinski definition) is 1. The average molecular weight is 748 g/mol. The first kappa shape index (κ1) is 30.0. The van der Waals surface area contributed by atoms with Crippen LogP contribution in [0.15, 0.2) is 75.2 Å². The Balaban J connectivity index is 0.00000185. The van der Waals surface area contributed by atoms with Crippen molar-refractivity contribution >= 4 is 42.7 Å². The van der Waals surface area contributed by atoms with Gasteiger partial charge in [0, 0.05) is 0 Å². The average Bonchev–Trinajstić information content (AvgIpc) is 3.55. The van der Waals surface area contributed by atoms with E-state index in [2.05, 4.69) is 17.4 Å². The van der Waals surface area contributed by atoms with E-state index in [1.807, 2.05) is 54.1 Å². The van der Waals surface area contributed by atoms with Crippen LogP contribution < -0.4 is 13.9 Å². The van der Waals surface area contributed by atoms with E-state index >= 15 is 0 Å². The third kappa shape index (κ3) is 5.76. The van der Waals surface area contributed by atoms with Crippen LogP contribution in [0.25, 0.3) is 38.9 Å². The topological polar surface area (TPSA) is 145 Å². The van der Waals surface area contributed by atoms with Gasteiger partial charge in [0.2, 0.25) is 0 Å². The Morgan fingerprint density at radius 3 is 2.62 bits per heavy atom. The van der Waals surface area contributed by atoms with Gasteiger partial charge >= 0.3 is 223 Å². The Morgan fingerprint density at radius 2 is 1.90 bits per heavy atom. The van der Waals surface area contributed by atoms with Crippen LogP contribution in [-0.2, 0) is 38.0 Å². The summed E-state index contributed by atoms with van der Waals surface area (Å²) in [5.74, 6) is 0.957. The SMILES string of the molecule is Cn1c2ccc(-c3ccco3)cc2c2nc(SCC(=O)NC3CCCCC3)n(-c3ccc[c]([Hg])c3)c(=O)c21.O.O. The molecular weight excluding hydrogens is 717 g/mol. The van der Waals surface area contributed by atoms with Crippen LogP contribution in [0.3, 0.4) is 0 Å². The first-order chi connectivity index (χ1) is 18.5. The molecule has 3 aromatic heterocycles. The molecule has 0 bridgehead atoms. The van der Waals surface area contributed by atoms with Gasteiger partial charge in [0.15, 0.2) is 0 Å². The van der Waals surface area contributed by atoms with E-state index in [1.165, 1.54) is 21.3 Å². The summed E-state index contributed by atoms with van der Waals surface area (Å²) in [6, 6.07) is 18.1. The molecule has 0 radical (unpaired) electrons. The normalized spacial score (nSPS) is 13.7. The molecule has 3 heterocycles. The Hall–Kier alpha value is -2.92. The fourth-order valence-electron chi connectivity index (χ4n) is 5.38. The second kappa shape index (κ2) is 12.7. The molecule has 1 amide bonds. The monoisotopic (exact) mass is 749 g/mol. The standard InChI is InChI=1S/C29H27N4O3S.Hg.2H2O/c1-32-23-15-14-19(24-13-8-16-36-24)17-22(23)26-27(32)28(35)33(21-11-6-3-7-12-21)29(31-26)37-18-25(34)30-20-9-4-2-5-10-20;;;/h3,6,8,11-17,20H,2,4-5,9-10,18H2,1H3,(H,30,34);;2*1H2. The number of carbonyl (C=O) groups excluding carboxylic acids is 1. The summed E-state index contributed by atoms with van der Waals surface area (Å²) in [5, 5.41) is 4.59. The molecule has 1 aliphatic carbocycles. The number of thioether (sulfide) groups is 1. The third-order valence-electron chi connectivity index (χ3n) is 7.25. The Morgan fingerprint density at radius 1 is 1.10 bits per heavy atom. The molecule has 1 fully saturated rings. The molecule has 5 N–H and O–H groups in total. The van der Waals surface area contributed by atoms with Gasteiger partial charge in [-0.25, -0.2) is 0 Å². The largest absolute Gasteiger partial charge is 0.412 e. The van der Waals surface area contributed by atoms with Crippen LogP contribution in [0.2, 0.25) is 0 Å². The summed E-state index contributed by atoms with van der Waals surface area (Å²) in [6.07, 6.45) is 7.29. The molecule has 205 valence electrons. The zero-order valence-corrected chi connectivity index (χ0v) is 28.6. The maximum Gasteiger partial charge on any atom is -0.412 e. The number of furan rings is 1. The fraction of sp³-hybridized carbons (Fsp3) is 0.276. The summed E-state index contributed by atoms with van der Waals surface area (Å²) in [7, 11) is 1.90. The van der Waals surface area contributed by atoms with Crippen molar-refractivity contribution in [2.45, 2.75) is 43.3 Å². The van der Waals surface area contributed by atoms with Crippen molar-refractivity contribution in [2.75, 3.05) is 5.75 Å². The maximum absolute atomic E-state index is 14.1. The minimum atomic E-state index is -0.137. The summed E-state index contributed by atoms with van der Waals surface area (Å²) in [6.45, 7) is 0. The van der Waals surface area contributed by atoms with Gasteiger partial charge in [0.1, 0.15) is 0 Å². The van der Waals surface area contributed by atoms with Gasteiger partial charge in [0.25, 0.3) is 0 Å². The van der Waals surface area contributed by atoms with Crippen LogP contribution in [0.5, 0.6) is 0 Å². The summed E-state index contributed by atoms with van der Waals surface area (Å²) in [5.41, 5.74) is 3.67. The number of amides is 1. The molecule has 0 unspecified atom stereocenters. The van der Waals surface area contributed by atoms with Crippen LogP contribution in [0, 0.1) is 0 Å². The van der Waals surface area contributed by atoms with Crippen LogP contribution in [0.4, 0.5) is 0 Å². The van der Waals surface area contributed by atoms with Crippen molar-refractivity contribution in [3.63, 3.8) is 0 Å². The second-order valence-electron chi connectivity index (χ2n) is 9.86. The Kier molecular flexibility index (Phi) is 9.55. The number of aryl methyl sites for hydroxylation is 1. The van der Waals surface area contributed by atoms with Gasteiger partial charge in [-0.15, -0.1) is 0 Å². The van der Waals surface area contributed by atoms with E-state index in [-0.39, 0.29) is 34.2 Å². The molecule has 11 heteroatoms. The quantitative estimate of drug-likeness (QED) is 0.161. The molecule has 0 saturated heterocycles. The molecule has 0 spiro atoms. The van der Waals surface area contributed by atoms with Crippen molar-refractivity contribution in [1.29, 1.82) is 0 Å². The number of aromatic nitrogens is 3. The molecule has 40 heavy (non-hydrogen) atoms.